The second-order valence-electron chi connectivity index (χ2n) is 4.32. The molecule has 116 valence electrons. The predicted molar refractivity (Wildman–Crippen MR) is 90.4 cm³/mol. The molecule has 0 aromatic heterocycles. The highest BCUT2D eigenvalue weighted by atomic mass is 35.5. The average molecular weight is 360 g/mol. The van der Waals surface area contributed by atoms with Crippen molar-refractivity contribution in [3.05, 3.63) is 57.5 Å². The summed E-state index contributed by atoms with van der Waals surface area (Å²) < 4.78 is 5.46. The molecule has 0 aliphatic heterocycles. The normalized spacial score (nSPS) is 10.1. The summed E-state index contributed by atoms with van der Waals surface area (Å²) in [6.07, 6.45) is 0. The van der Waals surface area contributed by atoms with E-state index < -0.39 is 0 Å². The Kier molecular flexibility index (Phi) is 6.19. The summed E-state index contributed by atoms with van der Waals surface area (Å²) in [5.41, 5.74) is 0.516. The number of benzene rings is 2. The van der Waals surface area contributed by atoms with Crippen molar-refractivity contribution in [3.8, 4) is 5.75 Å². The molecule has 4 nitrogen and oxygen atoms in total. The highest BCUT2D eigenvalue weighted by molar-refractivity contribution is 6.35. The lowest BCUT2D eigenvalue weighted by molar-refractivity contribution is 0.247. The van der Waals surface area contributed by atoms with E-state index in [9.17, 15) is 4.79 Å². The number of amides is 2. The Hall–Kier alpha value is -1.62. The van der Waals surface area contributed by atoms with E-state index in [4.69, 9.17) is 39.5 Å². The van der Waals surface area contributed by atoms with Gasteiger partial charge in [0, 0.05) is 15.7 Å². The molecule has 22 heavy (non-hydrogen) atoms. The predicted octanol–water partition coefficient (Wildman–Crippen LogP) is 4.85. The van der Waals surface area contributed by atoms with Gasteiger partial charge in [0.15, 0.2) is 0 Å². The summed E-state index contributed by atoms with van der Waals surface area (Å²) in [7, 11) is 0. The first-order valence-electron chi connectivity index (χ1n) is 6.43. The van der Waals surface area contributed by atoms with Gasteiger partial charge in [-0.15, -0.1) is 0 Å². The Morgan fingerprint density at radius 1 is 1.05 bits per heavy atom. The molecular weight excluding hydrogens is 347 g/mol. The third-order valence-electron chi connectivity index (χ3n) is 2.60. The van der Waals surface area contributed by atoms with Crippen LogP contribution in [-0.4, -0.2) is 19.2 Å². The lowest BCUT2D eigenvalue weighted by Gasteiger charge is -2.10. The van der Waals surface area contributed by atoms with E-state index in [0.29, 0.717) is 39.7 Å². The number of anilines is 1. The SMILES string of the molecule is O=C(NCCOc1ccccc1Cl)Nc1cc(Cl)cc(Cl)c1. The van der Waals surface area contributed by atoms with Crippen LogP contribution in [0.3, 0.4) is 0 Å². The number of hydrogen-bond donors (Lipinski definition) is 2. The second-order valence-corrected chi connectivity index (χ2v) is 5.60. The lowest BCUT2D eigenvalue weighted by atomic mass is 10.3. The second kappa shape index (κ2) is 8.13. The topological polar surface area (TPSA) is 50.4 Å². The Balaban J connectivity index is 1.75. The Morgan fingerprint density at radius 3 is 2.41 bits per heavy atom. The lowest BCUT2D eigenvalue weighted by Crippen LogP contribution is -2.32. The number of carbonyl (C=O) groups is 1. The van der Waals surface area contributed by atoms with Crippen molar-refractivity contribution < 1.29 is 9.53 Å². The number of rotatable bonds is 5. The Bertz CT molecular complexity index is 645. The van der Waals surface area contributed by atoms with Gasteiger partial charge in [0.05, 0.1) is 11.6 Å². The maximum Gasteiger partial charge on any atom is 0.319 e. The summed E-state index contributed by atoms with van der Waals surface area (Å²) in [6.45, 7) is 0.624. The fourth-order valence-corrected chi connectivity index (χ4v) is 2.40. The largest absolute Gasteiger partial charge is 0.490 e. The van der Waals surface area contributed by atoms with Crippen molar-refractivity contribution in [1.29, 1.82) is 0 Å². The molecule has 0 bridgehead atoms. The molecule has 0 aliphatic rings. The van der Waals surface area contributed by atoms with Crippen molar-refractivity contribution in [1.82, 2.24) is 5.32 Å². The zero-order valence-corrected chi connectivity index (χ0v) is 13.7. The average Bonchev–Trinajstić information content (AvgIpc) is 2.44. The standard InChI is InChI=1S/C15H13Cl3N2O2/c16-10-7-11(17)9-12(8-10)20-15(21)19-5-6-22-14-4-2-1-3-13(14)18/h1-4,7-9H,5-6H2,(H2,19,20,21). The van der Waals surface area contributed by atoms with Gasteiger partial charge in [-0.1, -0.05) is 46.9 Å². The highest BCUT2D eigenvalue weighted by Gasteiger charge is 2.04. The number of halogens is 3. The van der Waals surface area contributed by atoms with Crippen LogP contribution in [0, 0.1) is 0 Å². The minimum atomic E-state index is -0.374. The minimum absolute atomic E-state index is 0.299. The first-order valence-corrected chi connectivity index (χ1v) is 7.56. The molecule has 0 aliphatic carbocycles. The van der Waals surface area contributed by atoms with Crippen LogP contribution in [0.2, 0.25) is 15.1 Å². The van der Waals surface area contributed by atoms with Gasteiger partial charge in [0.25, 0.3) is 0 Å². The molecule has 0 saturated carbocycles. The third kappa shape index (κ3) is 5.30. The van der Waals surface area contributed by atoms with Gasteiger partial charge >= 0.3 is 6.03 Å². The molecule has 0 saturated heterocycles. The quantitative estimate of drug-likeness (QED) is 0.750. The smallest absolute Gasteiger partial charge is 0.319 e. The summed E-state index contributed by atoms with van der Waals surface area (Å²) in [5, 5.41) is 6.71. The molecule has 2 aromatic carbocycles. The molecule has 2 aromatic rings. The van der Waals surface area contributed by atoms with Gasteiger partial charge in [-0.05, 0) is 30.3 Å². The van der Waals surface area contributed by atoms with Gasteiger partial charge in [0.1, 0.15) is 12.4 Å². The van der Waals surface area contributed by atoms with Crippen LogP contribution in [0.1, 0.15) is 0 Å². The summed E-state index contributed by atoms with van der Waals surface area (Å²) >= 11 is 17.7. The van der Waals surface area contributed by atoms with Crippen LogP contribution < -0.4 is 15.4 Å². The van der Waals surface area contributed by atoms with E-state index in [0.717, 1.165) is 0 Å². The zero-order valence-electron chi connectivity index (χ0n) is 11.4. The van der Waals surface area contributed by atoms with E-state index in [1.165, 1.54) is 0 Å². The number of urea groups is 1. The summed E-state index contributed by atoms with van der Waals surface area (Å²) in [5.74, 6) is 0.577. The van der Waals surface area contributed by atoms with Gasteiger partial charge in [-0.2, -0.15) is 0 Å². The highest BCUT2D eigenvalue weighted by Crippen LogP contribution is 2.23. The van der Waals surface area contributed by atoms with Crippen LogP contribution in [0.25, 0.3) is 0 Å². The number of para-hydroxylation sites is 1. The molecule has 0 spiro atoms. The van der Waals surface area contributed by atoms with E-state index >= 15 is 0 Å². The molecule has 0 atom stereocenters. The number of ether oxygens (including phenoxy) is 1. The molecule has 2 N–H and O–H groups in total. The van der Waals surface area contributed by atoms with E-state index in [-0.39, 0.29) is 6.03 Å². The number of nitrogens with one attached hydrogen (secondary N) is 2. The van der Waals surface area contributed by atoms with E-state index in [2.05, 4.69) is 10.6 Å². The molecule has 0 fully saturated rings. The molecular formula is C15H13Cl3N2O2. The molecule has 0 heterocycles. The molecule has 7 heteroatoms. The first-order chi connectivity index (χ1) is 10.5. The van der Waals surface area contributed by atoms with Crippen molar-refractivity contribution >= 4 is 46.5 Å². The van der Waals surface area contributed by atoms with E-state index in [1.54, 1.807) is 30.3 Å². The van der Waals surface area contributed by atoms with Crippen LogP contribution >= 0.6 is 34.8 Å². The maximum absolute atomic E-state index is 11.7. The van der Waals surface area contributed by atoms with Crippen molar-refractivity contribution in [2.75, 3.05) is 18.5 Å². The Morgan fingerprint density at radius 2 is 1.73 bits per heavy atom. The van der Waals surface area contributed by atoms with Gasteiger partial charge in [-0.3, -0.25) is 0 Å². The van der Waals surface area contributed by atoms with Gasteiger partial charge < -0.3 is 15.4 Å². The maximum atomic E-state index is 11.7. The van der Waals surface area contributed by atoms with Crippen LogP contribution in [-0.2, 0) is 0 Å². The third-order valence-corrected chi connectivity index (χ3v) is 3.35. The zero-order chi connectivity index (χ0) is 15.9. The van der Waals surface area contributed by atoms with Gasteiger partial charge in [0.2, 0.25) is 0 Å². The summed E-state index contributed by atoms with van der Waals surface area (Å²) in [4.78, 5) is 11.7. The first kappa shape index (κ1) is 16.7. The van der Waals surface area contributed by atoms with Crippen LogP contribution in [0.5, 0.6) is 5.75 Å². The number of carbonyl (C=O) groups excluding carboxylic acids is 1. The number of hydrogen-bond acceptors (Lipinski definition) is 2. The van der Waals surface area contributed by atoms with Gasteiger partial charge in [-0.25, -0.2) is 4.79 Å². The van der Waals surface area contributed by atoms with Crippen molar-refractivity contribution in [3.63, 3.8) is 0 Å². The van der Waals surface area contributed by atoms with Crippen LogP contribution in [0.4, 0.5) is 10.5 Å². The minimum Gasteiger partial charge on any atom is -0.490 e. The molecule has 2 amide bonds. The van der Waals surface area contributed by atoms with Crippen molar-refractivity contribution in [2.45, 2.75) is 0 Å². The molecule has 2 rings (SSSR count). The molecule has 0 unspecified atom stereocenters. The monoisotopic (exact) mass is 358 g/mol. The van der Waals surface area contributed by atoms with Crippen LogP contribution in [0.15, 0.2) is 42.5 Å². The fraction of sp³-hybridized carbons (Fsp3) is 0.133. The van der Waals surface area contributed by atoms with E-state index in [1.807, 2.05) is 12.1 Å². The molecule has 0 radical (unpaired) electrons. The van der Waals surface area contributed by atoms with Crippen molar-refractivity contribution in [2.24, 2.45) is 0 Å². The summed E-state index contributed by atoms with van der Waals surface area (Å²) in [6, 6.07) is 11.6. The Labute approximate surface area is 143 Å². The fourth-order valence-electron chi connectivity index (χ4n) is 1.69.